The highest BCUT2D eigenvalue weighted by Crippen LogP contribution is 2.43. The van der Waals surface area contributed by atoms with E-state index in [-0.39, 0.29) is 0 Å². The van der Waals surface area contributed by atoms with Gasteiger partial charge >= 0.3 is 0 Å². The molecule has 16 aromatic rings. The third-order valence-corrected chi connectivity index (χ3v) is 16.3. The minimum absolute atomic E-state index is 0.605. The number of rotatable bonds is 9. The van der Waals surface area contributed by atoms with Gasteiger partial charge in [-0.05, 0) is 136 Å². The topological polar surface area (TPSA) is 40.6 Å². The van der Waals surface area contributed by atoms with Gasteiger partial charge in [0.15, 0.2) is 0 Å². The second-order valence-electron chi connectivity index (χ2n) is 21.0. The van der Waals surface area contributed by atoms with Gasteiger partial charge in [0.25, 0.3) is 0 Å². The number of aromatic nitrogens is 5. The summed E-state index contributed by atoms with van der Waals surface area (Å²) < 4.78 is 7.16. The van der Waals surface area contributed by atoms with Gasteiger partial charge in [-0.2, -0.15) is 0 Å². The Morgan fingerprint density at radius 3 is 0.735 bits per heavy atom. The fourth-order valence-corrected chi connectivity index (χ4v) is 12.4. The van der Waals surface area contributed by atoms with Crippen molar-refractivity contribution in [3.8, 4) is 97.2 Å². The van der Waals surface area contributed by atoms with Crippen LogP contribution in [0.1, 0.15) is 0 Å². The summed E-state index contributed by atoms with van der Waals surface area (Å²) in [4.78, 5) is 10.9. The van der Waals surface area contributed by atoms with E-state index in [0.717, 1.165) is 77.8 Å². The second-order valence-corrected chi connectivity index (χ2v) is 21.0. The minimum Gasteiger partial charge on any atom is -0.309 e. The molecule has 0 saturated carbocycles. The van der Waals surface area contributed by atoms with Gasteiger partial charge in [-0.1, -0.05) is 206 Å². The molecule has 0 amide bonds. The van der Waals surface area contributed by atoms with Crippen LogP contribution < -0.4 is 0 Å². The van der Waals surface area contributed by atoms with Crippen LogP contribution in [0, 0.1) is 12.8 Å². The SMILES string of the molecule is C#C.c1ccc(-c2ccc3c(c2)c2cc(-c4ccccc4)ccc2n3-c2ccc3c(c2)c2cc(-n4c5ccc(-c6ccccc6)cc5c5cc(-c6ccccc6)ccc54)ccc2n3-c2nc(-c3ccccc3)cc(-c3ccccc3)n2)cc1. The molecule has 0 N–H and O–H groups in total. The monoisotopic (exact) mass is 1060 g/mol. The van der Waals surface area contributed by atoms with Crippen molar-refractivity contribution >= 4 is 65.4 Å². The third-order valence-electron chi connectivity index (χ3n) is 16.3. The molecule has 0 saturated heterocycles. The molecule has 5 nitrogen and oxygen atoms in total. The summed E-state index contributed by atoms with van der Waals surface area (Å²) in [6.45, 7) is 0. The zero-order valence-electron chi connectivity index (χ0n) is 45.2. The average Bonchev–Trinajstić information content (AvgIpc) is 3.16. The zero-order chi connectivity index (χ0) is 55.4. The van der Waals surface area contributed by atoms with Crippen molar-refractivity contribution in [1.29, 1.82) is 0 Å². The van der Waals surface area contributed by atoms with E-state index in [2.05, 4.69) is 324 Å². The summed E-state index contributed by atoms with van der Waals surface area (Å²) in [5.41, 5.74) is 22.0. The molecule has 5 heteroatoms. The highest BCUT2D eigenvalue weighted by Gasteiger charge is 2.23. The normalized spacial score (nSPS) is 11.4. The zero-order valence-corrected chi connectivity index (χ0v) is 45.2. The number of hydrogen-bond donors (Lipinski definition) is 0. The van der Waals surface area contributed by atoms with Gasteiger partial charge in [0.2, 0.25) is 5.95 Å². The van der Waals surface area contributed by atoms with Crippen molar-refractivity contribution in [2.24, 2.45) is 0 Å². The maximum atomic E-state index is 5.45. The van der Waals surface area contributed by atoms with Crippen LogP contribution in [0.15, 0.2) is 297 Å². The average molecular weight is 1060 g/mol. The van der Waals surface area contributed by atoms with Gasteiger partial charge in [-0.3, -0.25) is 4.57 Å². The molecule has 83 heavy (non-hydrogen) atoms. The standard InChI is InChI=1S/C76H49N5.C2H2/c1-7-19-50(20-8-1)56-31-37-70-62(43-56)63-44-57(51-21-9-2-10-22-51)32-38-71(63)79(70)60-35-41-74-66(47-60)67-48-61(36-42-75(67)81(74)76-77-68(54-27-15-5-16-28-54)49-69(78-76)55-29-17-6-18-30-55)80-72-39-33-58(52-23-11-3-12-24-52)45-64(72)65-46-59(34-40-73(65)80)53-25-13-4-14-26-53;1-2/h1-49H;1-2H. The van der Waals surface area contributed by atoms with E-state index in [1.165, 1.54) is 66.1 Å². The summed E-state index contributed by atoms with van der Waals surface area (Å²) in [6, 6.07) is 107. The molecule has 0 aliphatic carbocycles. The number of fused-ring (bicyclic) bond motifs is 9. The number of hydrogen-bond acceptors (Lipinski definition) is 2. The first-order valence-electron chi connectivity index (χ1n) is 28.0. The molecule has 0 unspecified atom stereocenters. The van der Waals surface area contributed by atoms with Crippen LogP contribution in [-0.4, -0.2) is 23.7 Å². The van der Waals surface area contributed by atoms with E-state index in [0.29, 0.717) is 5.95 Å². The van der Waals surface area contributed by atoms with Crippen LogP contribution in [0.2, 0.25) is 0 Å². The quantitative estimate of drug-likeness (QED) is 0.135. The van der Waals surface area contributed by atoms with Crippen molar-refractivity contribution in [2.45, 2.75) is 0 Å². The number of nitrogens with zero attached hydrogens (tertiary/aromatic N) is 5. The lowest BCUT2D eigenvalue weighted by molar-refractivity contribution is 0.995. The second kappa shape index (κ2) is 20.4. The predicted octanol–water partition coefficient (Wildman–Crippen LogP) is 20.0. The van der Waals surface area contributed by atoms with E-state index in [9.17, 15) is 0 Å². The molecule has 12 aromatic carbocycles. The van der Waals surface area contributed by atoms with Crippen LogP contribution in [0.4, 0.5) is 0 Å². The highest BCUT2D eigenvalue weighted by molar-refractivity contribution is 6.15. The fourth-order valence-electron chi connectivity index (χ4n) is 12.4. The van der Waals surface area contributed by atoms with Crippen LogP contribution in [0.3, 0.4) is 0 Å². The van der Waals surface area contributed by atoms with Crippen LogP contribution >= 0.6 is 0 Å². The largest absolute Gasteiger partial charge is 0.309 e. The summed E-state index contributed by atoms with van der Waals surface area (Å²) in [7, 11) is 0. The molecule has 0 aliphatic rings. The van der Waals surface area contributed by atoms with Crippen molar-refractivity contribution in [3.05, 3.63) is 297 Å². The van der Waals surface area contributed by atoms with Gasteiger partial charge in [0.1, 0.15) is 0 Å². The van der Waals surface area contributed by atoms with Crippen LogP contribution in [0.5, 0.6) is 0 Å². The number of benzene rings is 12. The molecule has 4 aromatic heterocycles. The van der Waals surface area contributed by atoms with Gasteiger partial charge < -0.3 is 9.13 Å². The molecule has 0 radical (unpaired) electrons. The van der Waals surface area contributed by atoms with Crippen molar-refractivity contribution in [1.82, 2.24) is 23.7 Å². The lowest BCUT2D eigenvalue weighted by Gasteiger charge is -2.13. The molecule has 16 rings (SSSR count). The lowest BCUT2D eigenvalue weighted by atomic mass is 10.0. The third kappa shape index (κ3) is 8.45. The lowest BCUT2D eigenvalue weighted by Crippen LogP contribution is -2.04. The maximum Gasteiger partial charge on any atom is 0.235 e. The molecule has 388 valence electrons. The van der Waals surface area contributed by atoms with Crippen molar-refractivity contribution in [3.63, 3.8) is 0 Å². The van der Waals surface area contributed by atoms with E-state index in [4.69, 9.17) is 9.97 Å². The maximum absolute atomic E-state index is 5.45. The van der Waals surface area contributed by atoms with Crippen LogP contribution in [0.25, 0.3) is 150 Å². The Morgan fingerprint density at radius 1 is 0.205 bits per heavy atom. The van der Waals surface area contributed by atoms with Gasteiger partial charge in [0.05, 0.1) is 44.5 Å². The first-order chi connectivity index (χ1) is 41.1. The summed E-state index contributed by atoms with van der Waals surface area (Å²) in [5.74, 6) is 0.605. The Hall–Kier alpha value is -11.3. The van der Waals surface area contributed by atoms with E-state index in [1.54, 1.807) is 0 Å². The van der Waals surface area contributed by atoms with Crippen molar-refractivity contribution in [2.75, 3.05) is 0 Å². The molecular formula is C78H51N5. The van der Waals surface area contributed by atoms with Crippen molar-refractivity contribution < 1.29 is 0 Å². The molecule has 0 atom stereocenters. The Balaban J connectivity index is 0.00000291. The minimum atomic E-state index is 0.605. The summed E-state index contributed by atoms with van der Waals surface area (Å²) in [6.07, 6.45) is 8.00. The Labute approximate surface area is 480 Å². The molecule has 0 bridgehead atoms. The Bertz CT molecular complexity index is 4610. The molecule has 0 spiro atoms. The molecule has 4 heterocycles. The fraction of sp³-hybridized carbons (Fsp3) is 0. The number of terminal acetylenes is 1. The smallest absolute Gasteiger partial charge is 0.235 e. The Morgan fingerprint density at radius 2 is 0.446 bits per heavy atom. The molecule has 0 fully saturated rings. The molecular weight excluding hydrogens is 1010 g/mol. The Kier molecular flexibility index (Phi) is 12.0. The van der Waals surface area contributed by atoms with E-state index in [1.807, 2.05) is 0 Å². The molecule has 0 aliphatic heterocycles. The highest BCUT2D eigenvalue weighted by atomic mass is 15.2. The summed E-state index contributed by atoms with van der Waals surface area (Å²) >= 11 is 0. The van der Waals surface area contributed by atoms with E-state index < -0.39 is 0 Å². The summed E-state index contributed by atoms with van der Waals surface area (Å²) in [5, 5.41) is 6.98. The van der Waals surface area contributed by atoms with Crippen LogP contribution in [-0.2, 0) is 0 Å². The first-order valence-corrected chi connectivity index (χ1v) is 28.0. The van der Waals surface area contributed by atoms with Gasteiger partial charge in [0, 0.05) is 54.8 Å². The van der Waals surface area contributed by atoms with E-state index >= 15 is 0 Å². The van der Waals surface area contributed by atoms with Gasteiger partial charge in [-0.15, -0.1) is 12.8 Å². The predicted molar refractivity (Wildman–Crippen MR) is 348 cm³/mol. The first kappa shape index (κ1) is 48.8. The van der Waals surface area contributed by atoms with Gasteiger partial charge in [-0.25, -0.2) is 9.97 Å².